The van der Waals surface area contributed by atoms with Crippen molar-refractivity contribution >= 4 is 0 Å². The SMILES string of the molecule is OC1(c2c(F)c(F)c(F)c(F)c2F)CC2COCC(C1)N2Cc1ccccc1. The fraction of sp³-hybridized carbons (Fsp3) is 0.400. The van der Waals surface area contributed by atoms with Crippen molar-refractivity contribution in [2.45, 2.75) is 37.1 Å². The summed E-state index contributed by atoms with van der Waals surface area (Å²) in [4.78, 5) is 2.05. The molecular formula is C20H18F5NO2. The maximum Gasteiger partial charge on any atom is 0.200 e. The number of benzene rings is 2. The minimum Gasteiger partial charge on any atom is -0.385 e. The molecule has 2 bridgehead atoms. The van der Waals surface area contributed by atoms with E-state index in [0.29, 0.717) is 6.54 Å². The molecule has 0 aromatic heterocycles. The van der Waals surface area contributed by atoms with Crippen molar-refractivity contribution in [1.29, 1.82) is 0 Å². The van der Waals surface area contributed by atoms with E-state index in [9.17, 15) is 27.1 Å². The Morgan fingerprint density at radius 2 is 1.36 bits per heavy atom. The van der Waals surface area contributed by atoms with Gasteiger partial charge in [-0.05, 0) is 18.4 Å². The maximum absolute atomic E-state index is 14.3. The second kappa shape index (κ2) is 7.09. The molecule has 2 aromatic rings. The molecule has 0 saturated carbocycles. The Balaban J connectivity index is 1.69. The molecule has 2 unspecified atom stereocenters. The van der Waals surface area contributed by atoms with Crippen LogP contribution in [0.3, 0.4) is 0 Å². The molecule has 3 nitrogen and oxygen atoms in total. The van der Waals surface area contributed by atoms with Crippen LogP contribution in [0, 0.1) is 29.1 Å². The van der Waals surface area contributed by atoms with Crippen LogP contribution in [0.1, 0.15) is 24.0 Å². The van der Waals surface area contributed by atoms with Gasteiger partial charge in [-0.2, -0.15) is 0 Å². The molecule has 2 heterocycles. The summed E-state index contributed by atoms with van der Waals surface area (Å²) in [6.07, 6.45) is -0.399. The molecular weight excluding hydrogens is 381 g/mol. The number of halogens is 5. The zero-order valence-electron chi connectivity index (χ0n) is 14.8. The lowest BCUT2D eigenvalue weighted by Crippen LogP contribution is -2.60. The van der Waals surface area contributed by atoms with Gasteiger partial charge in [0.2, 0.25) is 5.82 Å². The number of morpholine rings is 1. The van der Waals surface area contributed by atoms with E-state index in [1.807, 2.05) is 30.3 Å². The molecule has 2 aliphatic heterocycles. The Bertz CT molecular complexity index is 849. The fourth-order valence-corrected chi connectivity index (χ4v) is 4.32. The number of ether oxygens (including phenoxy) is 1. The first-order valence-electron chi connectivity index (χ1n) is 8.93. The van der Waals surface area contributed by atoms with Gasteiger partial charge >= 0.3 is 0 Å². The van der Waals surface area contributed by atoms with Crippen molar-refractivity contribution in [3.63, 3.8) is 0 Å². The van der Waals surface area contributed by atoms with Crippen LogP contribution in [0.25, 0.3) is 0 Å². The molecule has 4 rings (SSSR count). The molecule has 150 valence electrons. The lowest BCUT2D eigenvalue weighted by molar-refractivity contribution is -0.151. The van der Waals surface area contributed by atoms with Gasteiger partial charge in [-0.25, -0.2) is 22.0 Å². The lowest BCUT2D eigenvalue weighted by atomic mass is 9.76. The summed E-state index contributed by atoms with van der Waals surface area (Å²) in [6, 6.07) is 8.67. The van der Waals surface area contributed by atoms with E-state index in [1.54, 1.807) is 0 Å². The average Bonchev–Trinajstić information content (AvgIpc) is 2.67. The third-order valence-electron chi connectivity index (χ3n) is 5.59. The topological polar surface area (TPSA) is 32.7 Å². The molecule has 0 amide bonds. The maximum atomic E-state index is 14.3. The highest BCUT2D eigenvalue weighted by Crippen LogP contribution is 2.44. The van der Waals surface area contributed by atoms with Crippen molar-refractivity contribution in [1.82, 2.24) is 4.90 Å². The highest BCUT2D eigenvalue weighted by Gasteiger charge is 2.50. The van der Waals surface area contributed by atoms with Crippen molar-refractivity contribution < 1.29 is 31.8 Å². The van der Waals surface area contributed by atoms with Crippen LogP contribution < -0.4 is 0 Å². The van der Waals surface area contributed by atoms with Gasteiger partial charge in [-0.3, -0.25) is 4.90 Å². The summed E-state index contributed by atoms with van der Waals surface area (Å²) in [5.41, 5.74) is -2.31. The summed E-state index contributed by atoms with van der Waals surface area (Å²) in [5, 5.41) is 11.0. The summed E-state index contributed by atoms with van der Waals surface area (Å²) in [7, 11) is 0. The van der Waals surface area contributed by atoms with E-state index in [4.69, 9.17) is 4.74 Å². The number of aliphatic hydroxyl groups is 1. The second-order valence-electron chi connectivity index (χ2n) is 7.39. The highest BCUT2D eigenvalue weighted by molar-refractivity contribution is 5.31. The first-order chi connectivity index (χ1) is 13.3. The number of fused-ring (bicyclic) bond motifs is 2. The number of rotatable bonds is 3. The van der Waals surface area contributed by atoms with Crippen molar-refractivity contribution in [3.05, 3.63) is 70.5 Å². The molecule has 2 aliphatic rings. The predicted octanol–water partition coefficient (Wildman–Crippen LogP) is 3.63. The minimum atomic E-state index is -2.23. The van der Waals surface area contributed by atoms with Crippen LogP contribution in [-0.4, -0.2) is 35.3 Å². The molecule has 2 saturated heterocycles. The third-order valence-corrected chi connectivity index (χ3v) is 5.59. The standard InChI is InChI=1S/C20H18F5NO2/c21-15-14(16(22)18(24)19(25)17(15)23)20(27)6-12-9-28-10-13(7-20)26(12)8-11-4-2-1-3-5-11/h1-5,12-13,27H,6-10H2. The van der Waals surface area contributed by atoms with Gasteiger partial charge in [0.15, 0.2) is 23.3 Å². The first kappa shape index (κ1) is 19.3. The van der Waals surface area contributed by atoms with Gasteiger partial charge in [0.05, 0.1) is 24.4 Å². The number of hydrogen-bond acceptors (Lipinski definition) is 3. The van der Waals surface area contributed by atoms with Gasteiger partial charge in [0.25, 0.3) is 0 Å². The minimum absolute atomic E-state index is 0.195. The van der Waals surface area contributed by atoms with E-state index in [-0.39, 0.29) is 26.1 Å². The van der Waals surface area contributed by atoms with Gasteiger partial charge in [-0.1, -0.05) is 30.3 Å². The molecule has 1 N–H and O–H groups in total. The van der Waals surface area contributed by atoms with Crippen LogP contribution in [0.5, 0.6) is 0 Å². The summed E-state index contributed by atoms with van der Waals surface area (Å²) in [5.74, 6) is -10.3. The molecule has 2 fully saturated rings. The Hall–Kier alpha value is -2.03. The Kier molecular flexibility index (Phi) is 4.89. The van der Waals surface area contributed by atoms with Crippen LogP contribution >= 0.6 is 0 Å². The summed E-state index contributed by atoms with van der Waals surface area (Å²) in [6.45, 7) is 0.925. The van der Waals surface area contributed by atoms with Gasteiger partial charge in [0, 0.05) is 18.6 Å². The van der Waals surface area contributed by atoms with Crippen molar-refractivity contribution in [3.8, 4) is 0 Å². The molecule has 28 heavy (non-hydrogen) atoms. The largest absolute Gasteiger partial charge is 0.385 e. The molecule has 2 aromatic carbocycles. The van der Waals surface area contributed by atoms with E-state index >= 15 is 0 Å². The summed E-state index contributed by atoms with van der Waals surface area (Å²) >= 11 is 0. The first-order valence-corrected chi connectivity index (χ1v) is 8.93. The fourth-order valence-electron chi connectivity index (χ4n) is 4.32. The Labute approximate surface area is 158 Å². The van der Waals surface area contributed by atoms with Gasteiger partial charge in [0.1, 0.15) is 0 Å². The van der Waals surface area contributed by atoms with Crippen LogP contribution in [0.2, 0.25) is 0 Å². The zero-order chi connectivity index (χ0) is 20.1. The quantitative estimate of drug-likeness (QED) is 0.486. The molecule has 0 radical (unpaired) electrons. The monoisotopic (exact) mass is 399 g/mol. The van der Waals surface area contributed by atoms with E-state index < -0.39 is 52.3 Å². The van der Waals surface area contributed by atoms with Crippen molar-refractivity contribution in [2.75, 3.05) is 13.2 Å². The van der Waals surface area contributed by atoms with E-state index in [2.05, 4.69) is 4.90 Å². The van der Waals surface area contributed by atoms with Crippen molar-refractivity contribution in [2.24, 2.45) is 0 Å². The second-order valence-corrected chi connectivity index (χ2v) is 7.39. The molecule has 0 spiro atoms. The predicted molar refractivity (Wildman–Crippen MR) is 89.7 cm³/mol. The number of piperidine rings is 1. The molecule has 2 atom stereocenters. The van der Waals surface area contributed by atoms with Gasteiger partial charge < -0.3 is 9.84 Å². The Morgan fingerprint density at radius 3 is 1.89 bits per heavy atom. The zero-order valence-corrected chi connectivity index (χ0v) is 14.8. The molecule has 0 aliphatic carbocycles. The number of hydrogen-bond donors (Lipinski definition) is 1. The van der Waals surface area contributed by atoms with Crippen LogP contribution in [0.15, 0.2) is 30.3 Å². The van der Waals surface area contributed by atoms with Crippen LogP contribution in [-0.2, 0) is 16.9 Å². The lowest BCUT2D eigenvalue weighted by Gasteiger charge is -2.51. The normalized spacial score (nSPS) is 27.8. The summed E-state index contributed by atoms with van der Waals surface area (Å²) < 4.78 is 74.9. The molecule has 8 heteroatoms. The van der Waals surface area contributed by atoms with E-state index in [1.165, 1.54) is 0 Å². The smallest absolute Gasteiger partial charge is 0.200 e. The average molecular weight is 399 g/mol. The third kappa shape index (κ3) is 3.09. The number of nitrogens with zero attached hydrogens (tertiary/aromatic N) is 1. The van der Waals surface area contributed by atoms with Crippen LogP contribution in [0.4, 0.5) is 22.0 Å². The highest BCUT2D eigenvalue weighted by atomic mass is 19.2. The van der Waals surface area contributed by atoms with Gasteiger partial charge in [-0.15, -0.1) is 0 Å². The Morgan fingerprint density at radius 1 is 0.857 bits per heavy atom. The van der Waals surface area contributed by atoms with E-state index in [0.717, 1.165) is 5.56 Å².